The summed E-state index contributed by atoms with van der Waals surface area (Å²) in [4.78, 5) is 0. The lowest BCUT2D eigenvalue weighted by atomic mass is 10.3. The highest BCUT2D eigenvalue weighted by atomic mass is 127. The molecule has 1 aromatic heterocycles. The Hall–Kier alpha value is 0.930. The summed E-state index contributed by atoms with van der Waals surface area (Å²) >= 11 is 12.4. The van der Waals surface area contributed by atoms with Crippen LogP contribution in [0.25, 0.3) is 10.1 Å². The monoisotopic (exact) mass is 420 g/mol. The summed E-state index contributed by atoms with van der Waals surface area (Å²) in [5.74, 6) is 0. The van der Waals surface area contributed by atoms with Crippen molar-refractivity contribution >= 4 is 78.2 Å². The normalized spacial score (nSPS) is 10.9. The van der Waals surface area contributed by atoms with E-state index in [1.807, 2.05) is 0 Å². The van der Waals surface area contributed by atoms with Crippen molar-refractivity contribution in [2.45, 2.75) is 0 Å². The van der Waals surface area contributed by atoms with Crippen molar-refractivity contribution in [1.82, 2.24) is 0 Å². The molecule has 0 N–H and O–H groups in total. The van der Waals surface area contributed by atoms with Gasteiger partial charge in [0, 0.05) is 8.27 Å². The first-order chi connectivity index (χ1) is 5.70. The molecular formula is C8H3ClI2S. The molecule has 0 aliphatic heterocycles. The molecule has 12 heavy (non-hydrogen) atoms. The average Bonchev–Trinajstić information content (AvgIpc) is 2.48. The van der Waals surface area contributed by atoms with Gasteiger partial charge in [0.1, 0.15) is 0 Å². The van der Waals surface area contributed by atoms with E-state index in [-0.39, 0.29) is 0 Å². The quantitative estimate of drug-likeness (QED) is 0.426. The number of fused-ring (bicyclic) bond motifs is 1. The third kappa shape index (κ3) is 1.49. The van der Waals surface area contributed by atoms with Gasteiger partial charge in [0.2, 0.25) is 0 Å². The minimum atomic E-state index is 0.881. The number of hydrogen-bond acceptors (Lipinski definition) is 1. The minimum absolute atomic E-state index is 0.881. The van der Waals surface area contributed by atoms with Gasteiger partial charge >= 0.3 is 0 Å². The Morgan fingerprint density at radius 1 is 1.33 bits per heavy atom. The second-order valence-corrected chi connectivity index (χ2v) is 5.86. The van der Waals surface area contributed by atoms with Crippen molar-refractivity contribution in [3.63, 3.8) is 0 Å². The average molecular weight is 420 g/mol. The number of rotatable bonds is 0. The van der Waals surface area contributed by atoms with Gasteiger partial charge in [-0.05, 0) is 68.1 Å². The molecule has 0 nitrogen and oxygen atoms in total. The highest BCUT2D eigenvalue weighted by molar-refractivity contribution is 14.1. The van der Waals surface area contributed by atoms with Crippen LogP contribution in [-0.4, -0.2) is 0 Å². The van der Waals surface area contributed by atoms with Gasteiger partial charge in [0.15, 0.2) is 0 Å². The first-order valence-electron chi connectivity index (χ1n) is 3.21. The van der Waals surface area contributed by atoms with Gasteiger partial charge < -0.3 is 0 Å². The predicted octanol–water partition coefficient (Wildman–Crippen LogP) is 4.76. The Bertz CT molecular complexity index is 436. The van der Waals surface area contributed by atoms with Crippen LogP contribution in [0.2, 0.25) is 5.02 Å². The van der Waals surface area contributed by atoms with Gasteiger partial charge in [-0.2, -0.15) is 0 Å². The van der Waals surface area contributed by atoms with E-state index in [0.29, 0.717) is 0 Å². The van der Waals surface area contributed by atoms with Gasteiger partial charge in [-0.3, -0.25) is 0 Å². The number of halogens is 3. The second-order valence-electron chi connectivity index (χ2n) is 2.33. The zero-order valence-electron chi connectivity index (χ0n) is 5.77. The predicted molar refractivity (Wildman–Crippen MR) is 72.3 cm³/mol. The summed E-state index contributed by atoms with van der Waals surface area (Å²) in [5.41, 5.74) is 0. The van der Waals surface area contributed by atoms with Gasteiger partial charge in [0.25, 0.3) is 0 Å². The van der Waals surface area contributed by atoms with Crippen molar-refractivity contribution in [2.75, 3.05) is 0 Å². The Morgan fingerprint density at radius 2 is 2.08 bits per heavy atom. The summed E-state index contributed by atoms with van der Waals surface area (Å²) in [6.07, 6.45) is 0. The lowest BCUT2D eigenvalue weighted by Crippen LogP contribution is -1.79. The van der Waals surface area contributed by atoms with E-state index < -0.39 is 0 Å². The van der Waals surface area contributed by atoms with Crippen molar-refractivity contribution in [3.05, 3.63) is 29.7 Å². The van der Waals surface area contributed by atoms with Crippen molar-refractivity contribution in [1.29, 1.82) is 0 Å². The topological polar surface area (TPSA) is 0 Å². The van der Waals surface area contributed by atoms with Gasteiger partial charge in [-0.15, -0.1) is 11.3 Å². The molecule has 62 valence electrons. The smallest absolute Gasteiger partial charge is 0.0687 e. The molecule has 0 aliphatic rings. The van der Waals surface area contributed by atoms with E-state index in [1.165, 1.54) is 13.7 Å². The maximum atomic E-state index is 6.11. The summed E-state index contributed by atoms with van der Waals surface area (Å²) in [6, 6.07) is 4.25. The van der Waals surface area contributed by atoms with Crippen molar-refractivity contribution in [3.8, 4) is 0 Å². The molecular weight excluding hydrogens is 417 g/mol. The fourth-order valence-corrected chi connectivity index (χ4v) is 4.14. The molecule has 0 atom stereocenters. The summed E-state index contributed by atoms with van der Waals surface area (Å²) in [7, 11) is 0. The second kappa shape index (κ2) is 3.59. The third-order valence-corrected chi connectivity index (χ3v) is 5.85. The molecule has 0 amide bonds. The van der Waals surface area contributed by atoms with Crippen LogP contribution in [0.4, 0.5) is 0 Å². The van der Waals surface area contributed by atoms with Gasteiger partial charge in [0.05, 0.1) is 8.59 Å². The molecule has 1 aromatic carbocycles. The SMILES string of the molecule is Clc1c(I)cc2ccsc2c1I. The molecule has 2 rings (SSSR count). The zero-order valence-corrected chi connectivity index (χ0v) is 11.7. The maximum absolute atomic E-state index is 6.11. The number of thiophene rings is 1. The zero-order chi connectivity index (χ0) is 8.72. The van der Waals surface area contributed by atoms with E-state index in [1.54, 1.807) is 11.3 Å². The maximum Gasteiger partial charge on any atom is 0.0687 e. The summed E-state index contributed by atoms with van der Waals surface area (Å²) in [6.45, 7) is 0. The van der Waals surface area contributed by atoms with Crippen molar-refractivity contribution in [2.24, 2.45) is 0 Å². The molecule has 0 saturated carbocycles. The van der Waals surface area contributed by atoms with E-state index in [4.69, 9.17) is 11.6 Å². The van der Waals surface area contributed by atoms with Crippen molar-refractivity contribution < 1.29 is 0 Å². The van der Waals surface area contributed by atoms with Crippen LogP contribution < -0.4 is 0 Å². The molecule has 0 unspecified atom stereocenters. The molecule has 0 radical (unpaired) electrons. The molecule has 0 spiro atoms. The number of hydrogen-bond donors (Lipinski definition) is 0. The van der Waals surface area contributed by atoms with Crippen LogP contribution in [0.1, 0.15) is 0 Å². The van der Waals surface area contributed by atoms with Crippen LogP contribution in [0, 0.1) is 7.14 Å². The standard InChI is InChI=1S/C8H3ClI2S/c9-6-5(10)3-4-1-2-12-8(4)7(6)11/h1-3H. The van der Waals surface area contributed by atoms with Crippen LogP contribution in [0.5, 0.6) is 0 Å². The fraction of sp³-hybridized carbons (Fsp3) is 0. The Labute approximate surface area is 107 Å². The van der Waals surface area contributed by atoms with Crippen LogP contribution >= 0.6 is 68.1 Å². The van der Waals surface area contributed by atoms with E-state index >= 15 is 0 Å². The molecule has 4 heteroatoms. The van der Waals surface area contributed by atoms with E-state index in [9.17, 15) is 0 Å². The summed E-state index contributed by atoms with van der Waals surface area (Å²) < 4.78 is 3.59. The Morgan fingerprint density at radius 3 is 2.83 bits per heavy atom. The molecule has 0 fully saturated rings. The van der Waals surface area contributed by atoms with E-state index in [0.717, 1.165) is 8.59 Å². The highest BCUT2D eigenvalue weighted by Crippen LogP contribution is 2.34. The number of benzene rings is 1. The molecule has 0 aliphatic carbocycles. The Kier molecular flexibility index (Phi) is 2.84. The fourth-order valence-electron chi connectivity index (χ4n) is 1.02. The lowest BCUT2D eigenvalue weighted by Gasteiger charge is -2.00. The summed E-state index contributed by atoms with van der Waals surface area (Å²) in [5, 5.41) is 4.27. The first kappa shape index (κ1) is 9.48. The minimum Gasteiger partial charge on any atom is -0.143 e. The molecule has 2 aromatic rings. The third-order valence-electron chi connectivity index (χ3n) is 1.58. The molecule has 0 saturated heterocycles. The Balaban J connectivity index is 2.94. The largest absolute Gasteiger partial charge is 0.143 e. The highest BCUT2D eigenvalue weighted by Gasteiger charge is 2.07. The lowest BCUT2D eigenvalue weighted by molar-refractivity contribution is 1.70. The van der Waals surface area contributed by atoms with Crippen LogP contribution in [0.15, 0.2) is 17.5 Å². The van der Waals surface area contributed by atoms with Gasteiger partial charge in [-0.25, -0.2) is 0 Å². The van der Waals surface area contributed by atoms with Crippen LogP contribution in [-0.2, 0) is 0 Å². The van der Waals surface area contributed by atoms with Gasteiger partial charge in [-0.1, -0.05) is 11.6 Å². The first-order valence-corrected chi connectivity index (χ1v) is 6.62. The van der Waals surface area contributed by atoms with Crippen LogP contribution in [0.3, 0.4) is 0 Å². The molecule has 0 bridgehead atoms. The van der Waals surface area contributed by atoms with E-state index in [2.05, 4.69) is 62.7 Å². The molecule has 1 heterocycles.